The lowest BCUT2D eigenvalue weighted by Crippen LogP contribution is -2.62. The second-order valence-corrected chi connectivity index (χ2v) is 15.9. The van der Waals surface area contributed by atoms with Crippen molar-refractivity contribution in [2.24, 2.45) is 11.3 Å². The maximum Gasteiger partial charge on any atom is 0.256 e. The smallest absolute Gasteiger partial charge is 0.256 e. The Balaban J connectivity index is 1.60. The average Bonchev–Trinajstić information content (AvgIpc) is 2.87. The van der Waals surface area contributed by atoms with Crippen LogP contribution in [0.2, 0.25) is 0 Å². The van der Waals surface area contributed by atoms with Gasteiger partial charge in [0.05, 0.1) is 19.8 Å². The van der Waals surface area contributed by atoms with Crippen LogP contribution in [0, 0.1) is 18.3 Å². The molecular weight excluding hydrogens is 515 g/mol. The van der Waals surface area contributed by atoms with E-state index >= 15 is 0 Å². The second-order valence-electron chi connectivity index (χ2n) is 14.6. The number of aryl methyl sites for hydroxylation is 1. The molecule has 1 aromatic carbocycles. The van der Waals surface area contributed by atoms with Gasteiger partial charge in [-0.1, -0.05) is 103 Å². The predicted octanol–water partition coefficient (Wildman–Crippen LogP) is 9.87. The van der Waals surface area contributed by atoms with Gasteiger partial charge in [-0.25, -0.2) is 5.09 Å². The van der Waals surface area contributed by atoms with Crippen molar-refractivity contribution < 1.29 is 13.9 Å². The Labute approximate surface area is 248 Å². The van der Waals surface area contributed by atoms with Crippen LogP contribution in [-0.4, -0.2) is 35.4 Å². The summed E-state index contributed by atoms with van der Waals surface area (Å²) in [6, 6.07) is 8.95. The highest BCUT2D eigenvalue weighted by Crippen LogP contribution is 2.48. The van der Waals surface area contributed by atoms with Gasteiger partial charge in [-0.3, -0.25) is 4.84 Å². The van der Waals surface area contributed by atoms with E-state index in [0.29, 0.717) is 18.6 Å². The van der Waals surface area contributed by atoms with Crippen molar-refractivity contribution in [2.45, 2.75) is 156 Å². The Bertz CT molecular complexity index is 846. The number of nitrogens with zero attached hydrogens (tertiary/aromatic N) is 1. The Morgan fingerprint density at radius 2 is 1.43 bits per heavy atom. The molecule has 0 spiro atoms. The molecule has 230 valence electrons. The summed E-state index contributed by atoms with van der Waals surface area (Å²) in [6.45, 7) is 20.5. The minimum Gasteiger partial charge on any atom is -0.321 e. The fraction of sp³-hybridized carbons (Fsp3) is 0.824. The van der Waals surface area contributed by atoms with E-state index in [0.717, 1.165) is 26.1 Å². The Morgan fingerprint density at radius 3 is 2.00 bits per heavy atom. The maximum absolute atomic E-state index is 6.61. The van der Waals surface area contributed by atoms with E-state index in [9.17, 15) is 0 Å². The van der Waals surface area contributed by atoms with Gasteiger partial charge in [0.1, 0.15) is 0 Å². The molecule has 0 amide bonds. The molecule has 2 fully saturated rings. The van der Waals surface area contributed by atoms with Gasteiger partial charge < -0.3 is 9.05 Å². The molecule has 2 saturated heterocycles. The van der Waals surface area contributed by atoms with Crippen LogP contribution in [0.3, 0.4) is 0 Å². The van der Waals surface area contributed by atoms with Crippen LogP contribution in [0.5, 0.6) is 0 Å². The molecule has 5 nitrogen and oxygen atoms in total. The number of hydrogen-bond donors (Lipinski definition) is 1. The number of hydroxylamine groups is 2. The average molecular weight is 577 g/mol. The first-order chi connectivity index (χ1) is 18.9. The molecule has 0 aliphatic carbocycles. The third-order valence-electron chi connectivity index (χ3n) is 8.84. The van der Waals surface area contributed by atoms with Crippen molar-refractivity contribution in [2.75, 3.05) is 13.2 Å². The number of benzene rings is 1. The van der Waals surface area contributed by atoms with Gasteiger partial charge >= 0.3 is 0 Å². The second kappa shape index (κ2) is 15.8. The van der Waals surface area contributed by atoms with E-state index in [1.165, 1.54) is 75.3 Å². The standard InChI is InChI=1S/C34H61N2O3P/c1-9-10-11-12-13-14-15-16-17-22-31(35-40-38-26-32(3,4)27-39-40)30-23-33(5,6)36(34(7,8)24-30)37-25-29-21-19-18-20-28(29)2/h18-21,30-31,35H,9-17,22-27H2,1-8H3. The minimum absolute atomic E-state index is 0.0724. The van der Waals surface area contributed by atoms with Crippen LogP contribution >= 0.6 is 8.53 Å². The predicted molar refractivity (Wildman–Crippen MR) is 170 cm³/mol. The van der Waals surface area contributed by atoms with E-state index in [-0.39, 0.29) is 16.5 Å². The van der Waals surface area contributed by atoms with Crippen molar-refractivity contribution in [3.63, 3.8) is 0 Å². The quantitative estimate of drug-likeness (QED) is 0.157. The Hall–Kier alpha value is -0.550. The minimum atomic E-state index is -1.04. The first kappa shape index (κ1) is 33.9. The van der Waals surface area contributed by atoms with Crippen molar-refractivity contribution in [1.82, 2.24) is 10.2 Å². The third-order valence-corrected chi connectivity index (χ3v) is 10.1. The first-order valence-corrected chi connectivity index (χ1v) is 17.4. The third kappa shape index (κ3) is 10.6. The fourth-order valence-corrected chi connectivity index (χ4v) is 8.48. The normalized spacial score (nSPS) is 22.4. The number of nitrogens with one attached hydrogen (secondary N) is 1. The summed E-state index contributed by atoms with van der Waals surface area (Å²) >= 11 is 0. The van der Waals surface area contributed by atoms with Gasteiger partial charge in [0.15, 0.2) is 0 Å². The Kier molecular flexibility index (Phi) is 13.4. The van der Waals surface area contributed by atoms with Crippen molar-refractivity contribution in [3.8, 4) is 0 Å². The van der Waals surface area contributed by atoms with Gasteiger partial charge in [-0.05, 0) is 70.9 Å². The van der Waals surface area contributed by atoms with Crippen LogP contribution in [0.4, 0.5) is 0 Å². The molecule has 1 N–H and O–H groups in total. The summed E-state index contributed by atoms with van der Waals surface area (Å²) in [6.07, 6.45) is 15.6. The monoisotopic (exact) mass is 576 g/mol. The molecule has 6 heteroatoms. The molecule has 1 atom stereocenters. The van der Waals surface area contributed by atoms with Gasteiger partial charge in [0, 0.05) is 22.5 Å². The lowest BCUT2D eigenvalue weighted by Gasteiger charge is -2.55. The zero-order chi connectivity index (χ0) is 29.2. The summed E-state index contributed by atoms with van der Waals surface area (Å²) in [5.74, 6) is 0.544. The first-order valence-electron chi connectivity index (χ1n) is 16.2. The summed E-state index contributed by atoms with van der Waals surface area (Å²) in [4.78, 5) is 6.61. The molecular formula is C34H61N2O3P. The highest BCUT2D eigenvalue weighted by molar-refractivity contribution is 7.45. The summed E-state index contributed by atoms with van der Waals surface area (Å²) in [5, 5.41) is 6.21. The fourth-order valence-electron chi connectivity index (χ4n) is 6.72. The van der Waals surface area contributed by atoms with Crippen molar-refractivity contribution in [1.29, 1.82) is 0 Å². The number of hydrogen-bond acceptors (Lipinski definition) is 5. The number of unbranched alkanes of at least 4 members (excludes halogenated alkanes) is 8. The molecule has 0 aromatic heterocycles. The molecule has 0 bridgehead atoms. The van der Waals surface area contributed by atoms with Gasteiger partial charge in [0.2, 0.25) is 0 Å². The molecule has 3 rings (SSSR count). The zero-order valence-electron chi connectivity index (χ0n) is 27.2. The van der Waals surface area contributed by atoms with Crippen molar-refractivity contribution in [3.05, 3.63) is 35.4 Å². The zero-order valence-corrected chi connectivity index (χ0v) is 28.1. The largest absolute Gasteiger partial charge is 0.321 e. The molecule has 2 aliphatic rings. The van der Waals surface area contributed by atoms with Crippen LogP contribution in [0.15, 0.2) is 24.3 Å². The molecule has 0 saturated carbocycles. The maximum atomic E-state index is 6.61. The summed E-state index contributed by atoms with van der Waals surface area (Å²) in [7, 11) is -1.04. The molecule has 2 heterocycles. The van der Waals surface area contributed by atoms with Gasteiger partial charge in [0.25, 0.3) is 8.53 Å². The van der Waals surface area contributed by atoms with E-state index in [1.807, 2.05) is 0 Å². The van der Waals surface area contributed by atoms with E-state index < -0.39 is 8.53 Å². The number of piperidine rings is 1. The number of rotatable bonds is 16. The molecule has 1 unspecified atom stereocenters. The van der Waals surface area contributed by atoms with Crippen LogP contribution in [0.1, 0.15) is 137 Å². The molecule has 2 aliphatic heterocycles. The van der Waals surface area contributed by atoms with E-state index in [4.69, 9.17) is 13.9 Å². The summed E-state index contributed by atoms with van der Waals surface area (Å²) < 4.78 is 12.5. The van der Waals surface area contributed by atoms with Crippen molar-refractivity contribution >= 4 is 8.53 Å². The molecule has 40 heavy (non-hydrogen) atoms. The SMILES string of the molecule is CCCCCCCCCCCC(NP1OCC(C)(C)CO1)C1CC(C)(C)N(OCc2ccccc2C)C(C)(C)C1. The molecule has 1 aromatic rings. The van der Waals surface area contributed by atoms with E-state index in [1.54, 1.807) is 0 Å². The summed E-state index contributed by atoms with van der Waals surface area (Å²) in [5.41, 5.74) is 2.50. The van der Waals surface area contributed by atoms with Crippen LogP contribution in [0.25, 0.3) is 0 Å². The highest BCUT2D eigenvalue weighted by atomic mass is 31.2. The van der Waals surface area contributed by atoms with Crippen LogP contribution < -0.4 is 5.09 Å². The lowest BCUT2D eigenvalue weighted by atomic mass is 9.72. The topological polar surface area (TPSA) is 43.0 Å². The highest BCUT2D eigenvalue weighted by Gasteiger charge is 2.48. The molecule has 0 radical (unpaired) electrons. The van der Waals surface area contributed by atoms with E-state index in [2.05, 4.69) is 89.8 Å². The van der Waals surface area contributed by atoms with Gasteiger partial charge in [-0.15, -0.1) is 0 Å². The van der Waals surface area contributed by atoms with Crippen LogP contribution in [-0.2, 0) is 20.5 Å². The lowest BCUT2D eigenvalue weighted by molar-refractivity contribution is -0.296. The Morgan fingerprint density at radius 1 is 0.875 bits per heavy atom. The van der Waals surface area contributed by atoms with Gasteiger partial charge in [-0.2, -0.15) is 5.06 Å².